The second kappa shape index (κ2) is 10.9. The van der Waals surface area contributed by atoms with Gasteiger partial charge in [0, 0.05) is 23.0 Å². The summed E-state index contributed by atoms with van der Waals surface area (Å²) >= 11 is 3.62. The minimum Gasteiger partial charge on any atom is -0.477 e. The number of nitrogen functional groups attached to an aromatic ring is 3. The molecular formula is C20H19N9O5S3. The van der Waals surface area contributed by atoms with Crippen LogP contribution in [0.25, 0.3) is 0 Å². The van der Waals surface area contributed by atoms with Crippen LogP contribution >= 0.6 is 34.9 Å². The zero-order chi connectivity index (χ0) is 26.7. The third-order valence-corrected chi connectivity index (χ3v) is 7.97. The largest absolute Gasteiger partial charge is 0.477 e. The van der Waals surface area contributed by atoms with Crippen molar-refractivity contribution in [3.63, 3.8) is 0 Å². The summed E-state index contributed by atoms with van der Waals surface area (Å²) in [4.78, 5) is 56.0. The summed E-state index contributed by atoms with van der Waals surface area (Å²) in [6, 6.07) is 0.528. The number of anilines is 3. The number of terminal acetylenes is 1. The lowest BCUT2D eigenvalue weighted by Gasteiger charge is -2.49. The first-order chi connectivity index (χ1) is 17.7. The van der Waals surface area contributed by atoms with Gasteiger partial charge >= 0.3 is 5.97 Å². The topological polar surface area (TPSA) is 225 Å². The van der Waals surface area contributed by atoms with Gasteiger partial charge < -0.3 is 32.5 Å². The molecule has 2 aliphatic rings. The number of nitrogens with two attached hydrogens (primary N) is 3. The number of β-lactam (4-membered cyclic amide) rings is 1. The van der Waals surface area contributed by atoms with E-state index in [2.05, 4.69) is 31.3 Å². The molecule has 192 valence electrons. The van der Waals surface area contributed by atoms with Crippen LogP contribution in [0.2, 0.25) is 0 Å². The van der Waals surface area contributed by atoms with Crippen LogP contribution in [0.5, 0.6) is 0 Å². The molecule has 4 heterocycles. The van der Waals surface area contributed by atoms with Gasteiger partial charge in [-0.05, 0) is 5.57 Å². The van der Waals surface area contributed by atoms with Crippen molar-refractivity contribution in [2.45, 2.75) is 16.4 Å². The van der Waals surface area contributed by atoms with Gasteiger partial charge in [-0.1, -0.05) is 11.1 Å². The minimum atomic E-state index is -1.26. The van der Waals surface area contributed by atoms with Gasteiger partial charge in [0.25, 0.3) is 11.8 Å². The van der Waals surface area contributed by atoms with E-state index in [1.54, 1.807) is 0 Å². The zero-order valence-electron chi connectivity index (χ0n) is 18.8. The Kier molecular flexibility index (Phi) is 7.71. The molecule has 37 heavy (non-hydrogen) atoms. The van der Waals surface area contributed by atoms with Crippen molar-refractivity contribution >= 4 is 75.3 Å². The first-order valence-electron chi connectivity index (χ1n) is 10.3. The number of hydrogen-bond acceptors (Lipinski definition) is 14. The van der Waals surface area contributed by atoms with Gasteiger partial charge in [0.15, 0.2) is 17.5 Å². The zero-order valence-corrected chi connectivity index (χ0v) is 21.2. The van der Waals surface area contributed by atoms with Crippen LogP contribution in [-0.2, 0) is 19.2 Å². The fraction of sp³-hybridized carbons (Fsp3) is 0.250. The highest BCUT2D eigenvalue weighted by Crippen LogP contribution is 2.41. The Bertz CT molecular complexity index is 1350. The number of rotatable bonds is 9. The van der Waals surface area contributed by atoms with Crippen molar-refractivity contribution in [3.05, 3.63) is 28.4 Å². The number of oxime groups is 1. The quantitative estimate of drug-likeness (QED) is 0.0498. The maximum absolute atomic E-state index is 13.0. The summed E-state index contributed by atoms with van der Waals surface area (Å²) in [5.74, 6) is 0.350. The van der Waals surface area contributed by atoms with Crippen molar-refractivity contribution < 1.29 is 24.3 Å². The first-order valence-corrected chi connectivity index (χ1v) is 13.2. The molecule has 0 radical (unpaired) electrons. The predicted molar refractivity (Wildman–Crippen MR) is 139 cm³/mol. The Hall–Kier alpha value is -4.01. The summed E-state index contributed by atoms with van der Waals surface area (Å²) in [6.07, 6.45) is 5.15. The van der Waals surface area contributed by atoms with Gasteiger partial charge in [0.2, 0.25) is 5.95 Å². The molecule has 2 aliphatic heterocycles. The van der Waals surface area contributed by atoms with Crippen LogP contribution in [-0.4, -0.2) is 78.0 Å². The van der Waals surface area contributed by atoms with E-state index >= 15 is 0 Å². The molecule has 1 fully saturated rings. The molecule has 2 amide bonds. The summed E-state index contributed by atoms with van der Waals surface area (Å²) in [5.41, 5.74) is 17.2. The van der Waals surface area contributed by atoms with Gasteiger partial charge in [-0.3, -0.25) is 14.5 Å². The molecule has 2 atom stereocenters. The number of aliphatic carboxylic acids is 1. The monoisotopic (exact) mass is 561 g/mol. The fourth-order valence-electron chi connectivity index (χ4n) is 3.44. The van der Waals surface area contributed by atoms with E-state index in [1.807, 2.05) is 0 Å². The smallest absolute Gasteiger partial charge is 0.352 e. The van der Waals surface area contributed by atoms with E-state index in [9.17, 15) is 19.5 Å². The van der Waals surface area contributed by atoms with Gasteiger partial charge in [-0.2, -0.15) is 4.98 Å². The highest BCUT2D eigenvalue weighted by Gasteiger charge is 2.54. The molecule has 1 saturated heterocycles. The van der Waals surface area contributed by atoms with E-state index in [1.165, 1.54) is 35.0 Å². The van der Waals surface area contributed by atoms with Crippen LogP contribution in [0.15, 0.2) is 32.9 Å². The third kappa shape index (κ3) is 5.55. The number of nitrogens with one attached hydrogen (secondary N) is 1. The van der Waals surface area contributed by atoms with E-state index in [4.69, 9.17) is 28.5 Å². The van der Waals surface area contributed by atoms with Crippen molar-refractivity contribution in [1.82, 2.24) is 25.2 Å². The van der Waals surface area contributed by atoms with Crippen molar-refractivity contribution in [2.24, 2.45) is 5.16 Å². The highest BCUT2D eigenvalue weighted by molar-refractivity contribution is 8.01. The summed E-state index contributed by atoms with van der Waals surface area (Å²) in [6.45, 7) is -0.188. The SMILES string of the molecule is C#CCO/N=C(\C(=O)N[C@@H]1C(=O)N2C(C(=O)O)=C(CSc3cc(N)nc(N)n3)CS[C@H]12)c1csc(N)n1. The molecule has 0 spiro atoms. The second-order valence-electron chi connectivity index (χ2n) is 7.38. The Morgan fingerprint density at radius 2 is 2.14 bits per heavy atom. The lowest BCUT2D eigenvalue weighted by Crippen LogP contribution is -2.71. The second-order valence-corrected chi connectivity index (χ2v) is 10.4. The number of carboxylic acids is 1. The maximum Gasteiger partial charge on any atom is 0.352 e. The van der Waals surface area contributed by atoms with E-state index in [0.29, 0.717) is 16.4 Å². The number of nitrogens with zero attached hydrogens (tertiary/aromatic N) is 5. The predicted octanol–water partition coefficient (Wildman–Crippen LogP) is -0.435. The van der Waals surface area contributed by atoms with Gasteiger partial charge in [0.05, 0.1) is 0 Å². The summed E-state index contributed by atoms with van der Waals surface area (Å²) < 4.78 is 0. The Balaban J connectivity index is 1.50. The van der Waals surface area contributed by atoms with Crippen LogP contribution in [0.3, 0.4) is 0 Å². The van der Waals surface area contributed by atoms with Gasteiger partial charge in [0.1, 0.15) is 33.7 Å². The Morgan fingerprint density at radius 3 is 2.78 bits per heavy atom. The lowest BCUT2D eigenvalue weighted by atomic mass is 10.0. The van der Waals surface area contributed by atoms with Crippen LogP contribution < -0.4 is 22.5 Å². The average molecular weight is 562 g/mol. The fourth-order valence-corrected chi connectivity index (χ4v) is 6.38. The molecule has 2 aromatic heterocycles. The molecular weight excluding hydrogens is 542 g/mol. The minimum absolute atomic E-state index is 0.00235. The molecule has 0 aromatic carbocycles. The number of carboxylic acid groups (broad SMARTS) is 1. The first kappa shape index (κ1) is 26.1. The number of thioether (sulfide) groups is 2. The Labute approximate surface area is 222 Å². The number of thiazole rings is 1. The number of aromatic nitrogens is 3. The normalized spacial score (nSPS) is 19.1. The number of fused-ring (bicyclic) bond motifs is 1. The highest BCUT2D eigenvalue weighted by atomic mass is 32.2. The van der Waals surface area contributed by atoms with Crippen molar-refractivity contribution in [1.29, 1.82) is 0 Å². The number of carbonyl (C=O) groups is 3. The van der Waals surface area contributed by atoms with Crippen LogP contribution in [0.1, 0.15) is 5.69 Å². The standard InChI is InChI=1S/C20H19N9O5S3/c1-2-3-34-28-12(9-7-37-20(23)24-9)15(30)27-13-16(31)29-14(18(32)33)8(6-36-17(13)29)5-35-11-4-10(21)25-19(22)26-11/h1,4,7,13,17H,3,5-6H2,(H2,23,24)(H,27,30)(H,32,33)(H4,21,22,25,26)/b28-12-/t13-,17-/m1/s1. The molecule has 2 aromatic rings. The Morgan fingerprint density at radius 1 is 1.35 bits per heavy atom. The van der Waals surface area contributed by atoms with E-state index in [0.717, 1.165) is 16.2 Å². The van der Waals surface area contributed by atoms with Gasteiger partial charge in [-0.15, -0.1) is 41.3 Å². The number of hydrogen-bond donors (Lipinski definition) is 5. The van der Waals surface area contributed by atoms with Gasteiger partial charge in [-0.25, -0.2) is 14.8 Å². The molecule has 0 unspecified atom stereocenters. The average Bonchev–Trinajstić information content (AvgIpc) is 3.28. The molecule has 0 bridgehead atoms. The molecule has 4 rings (SSSR count). The summed E-state index contributed by atoms with van der Waals surface area (Å²) in [5, 5.41) is 17.7. The third-order valence-electron chi connectivity index (χ3n) is 4.95. The number of amides is 2. The maximum atomic E-state index is 13.0. The van der Waals surface area contributed by atoms with E-state index < -0.39 is 29.2 Å². The number of carbonyl (C=O) groups excluding carboxylic acids is 2. The van der Waals surface area contributed by atoms with E-state index in [-0.39, 0.29) is 46.4 Å². The van der Waals surface area contributed by atoms with Crippen LogP contribution in [0, 0.1) is 12.3 Å². The lowest BCUT2D eigenvalue weighted by molar-refractivity contribution is -0.150. The summed E-state index contributed by atoms with van der Waals surface area (Å²) in [7, 11) is 0. The molecule has 0 saturated carbocycles. The van der Waals surface area contributed by atoms with Crippen molar-refractivity contribution in [3.8, 4) is 12.3 Å². The van der Waals surface area contributed by atoms with Crippen LogP contribution in [0.4, 0.5) is 16.9 Å². The molecule has 0 aliphatic carbocycles. The molecule has 17 heteroatoms. The van der Waals surface area contributed by atoms with Crippen molar-refractivity contribution in [2.75, 3.05) is 35.3 Å². The molecule has 14 nitrogen and oxygen atoms in total. The molecule has 8 N–H and O–H groups in total.